The van der Waals surface area contributed by atoms with Gasteiger partial charge in [-0.15, -0.1) is 0 Å². The molecule has 1 aliphatic rings. The van der Waals surface area contributed by atoms with Crippen molar-refractivity contribution in [2.45, 2.75) is 52.6 Å². The summed E-state index contributed by atoms with van der Waals surface area (Å²) in [4.78, 5) is 0. The molecule has 1 N–H and O–H groups in total. The molecule has 1 nitrogen and oxygen atoms in total. The predicted octanol–water partition coefficient (Wildman–Crippen LogP) is 2.83. The molecule has 3 atom stereocenters. The van der Waals surface area contributed by atoms with Gasteiger partial charge in [-0.05, 0) is 30.6 Å². The molecule has 0 saturated heterocycles. The van der Waals surface area contributed by atoms with E-state index in [4.69, 9.17) is 0 Å². The Labute approximate surface area is 76.2 Å². The third-order valence-corrected chi connectivity index (χ3v) is 3.33. The van der Waals surface area contributed by atoms with Crippen LogP contribution in [0.1, 0.15) is 46.5 Å². The fraction of sp³-hybridized carbons (Fsp3) is 1.00. The maximum absolute atomic E-state index is 9.84. The van der Waals surface area contributed by atoms with E-state index in [-0.39, 0.29) is 6.10 Å². The Morgan fingerprint density at radius 2 is 2.00 bits per heavy atom. The van der Waals surface area contributed by atoms with E-state index < -0.39 is 0 Å². The van der Waals surface area contributed by atoms with Crippen molar-refractivity contribution in [1.29, 1.82) is 0 Å². The van der Waals surface area contributed by atoms with Crippen molar-refractivity contribution in [3.05, 3.63) is 0 Å². The van der Waals surface area contributed by atoms with Crippen LogP contribution in [0.3, 0.4) is 0 Å². The summed E-state index contributed by atoms with van der Waals surface area (Å²) >= 11 is 0. The second-order valence-electron chi connectivity index (χ2n) is 4.58. The molecule has 0 aromatic rings. The van der Waals surface area contributed by atoms with Crippen molar-refractivity contribution >= 4 is 0 Å². The zero-order valence-electron chi connectivity index (χ0n) is 8.59. The average molecular weight is 170 g/mol. The molecule has 0 radical (unpaired) electrons. The van der Waals surface area contributed by atoms with Crippen molar-refractivity contribution in [3.63, 3.8) is 0 Å². The highest BCUT2D eigenvalue weighted by Crippen LogP contribution is 2.36. The minimum absolute atomic E-state index is 0.0541. The Morgan fingerprint density at radius 3 is 2.42 bits per heavy atom. The van der Waals surface area contributed by atoms with Crippen molar-refractivity contribution in [1.82, 2.24) is 0 Å². The fourth-order valence-corrected chi connectivity index (χ4v) is 2.34. The molecule has 3 unspecified atom stereocenters. The summed E-state index contributed by atoms with van der Waals surface area (Å²) in [5.74, 6) is 1.92. The van der Waals surface area contributed by atoms with Crippen LogP contribution in [0, 0.1) is 17.8 Å². The summed E-state index contributed by atoms with van der Waals surface area (Å²) in [6, 6.07) is 0. The number of hydrogen-bond acceptors (Lipinski definition) is 1. The van der Waals surface area contributed by atoms with Crippen molar-refractivity contribution in [2.24, 2.45) is 17.8 Å². The topological polar surface area (TPSA) is 20.2 Å². The molecule has 0 bridgehead atoms. The molecule has 0 aromatic carbocycles. The van der Waals surface area contributed by atoms with Gasteiger partial charge in [-0.2, -0.15) is 0 Å². The van der Waals surface area contributed by atoms with Crippen LogP contribution in [0.4, 0.5) is 0 Å². The van der Waals surface area contributed by atoms with Crippen molar-refractivity contribution in [2.75, 3.05) is 0 Å². The minimum atomic E-state index is -0.0541. The van der Waals surface area contributed by atoms with E-state index in [0.29, 0.717) is 11.8 Å². The second-order valence-corrected chi connectivity index (χ2v) is 4.58. The van der Waals surface area contributed by atoms with Gasteiger partial charge in [0.1, 0.15) is 0 Å². The lowest BCUT2D eigenvalue weighted by atomic mass is 9.91. The molecular formula is C11H22O. The van der Waals surface area contributed by atoms with Crippen LogP contribution in [0.15, 0.2) is 0 Å². The average Bonchev–Trinajstić information content (AvgIpc) is 2.50. The molecule has 1 rings (SSSR count). The van der Waals surface area contributed by atoms with E-state index in [1.165, 1.54) is 25.7 Å². The van der Waals surface area contributed by atoms with E-state index in [0.717, 1.165) is 5.92 Å². The molecule has 0 aliphatic heterocycles. The third kappa shape index (κ3) is 2.22. The van der Waals surface area contributed by atoms with Gasteiger partial charge in [0.25, 0.3) is 0 Å². The highest BCUT2D eigenvalue weighted by atomic mass is 16.3. The van der Waals surface area contributed by atoms with Gasteiger partial charge in [0.2, 0.25) is 0 Å². The highest BCUT2D eigenvalue weighted by Gasteiger charge is 2.30. The van der Waals surface area contributed by atoms with Gasteiger partial charge in [-0.3, -0.25) is 0 Å². The minimum Gasteiger partial charge on any atom is -0.393 e. The van der Waals surface area contributed by atoms with Gasteiger partial charge in [0.15, 0.2) is 0 Å². The van der Waals surface area contributed by atoms with Crippen LogP contribution in [0.25, 0.3) is 0 Å². The van der Waals surface area contributed by atoms with E-state index in [1.54, 1.807) is 0 Å². The van der Waals surface area contributed by atoms with Gasteiger partial charge in [-0.1, -0.05) is 33.6 Å². The smallest absolute Gasteiger partial charge is 0.0591 e. The number of aliphatic hydroxyl groups is 1. The SMILES string of the molecule is CCC1CCC(C(O)C(C)C)C1. The first-order valence-electron chi connectivity index (χ1n) is 5.33. The zero-order valence-corrected chi connectivity index (χ0v) is 8.59. The second kappa shape index (κ2) is 4.27. The van der Waals surface area contributed by atoms with Gasteiger partial charge in [0.05, 0.1) is 6.10 Å². The molecule has 72 valence electrons. The number of rotatable bonds is 3. The predicted molar refractivity (Wildman–Crippen MR) is 52.0 cm³/mol. The van der Waals surface area contributed by atoms with Gasteiger partial charge < -0.3 is 5.11 Å². The van der Waals surface area contributed by atoms with Gasteiger partial charge in [0, 0.05) is 0 Å². The molecule has 0 amide bonds. The highest BCUT2D eigenvalue weighted by molar-refractivity contribution is 4.81. The summed E-state index contributed by atoms with van der Waals surface area (Å²) in [7, 11) is 0. The van der Waals surface area contributed by atoms with Crippen LogP contribution >= 0.6 is 0 Å². The third-order valence-electron chi connectivity index (χ3n) is 3.33. The Morgan fingerprint density at radius 1 is 1.33 bits per heavy atom. The largest absolute Gasteiger partial charge is 0.393 e. The molecule has 1 fully saturated rings. The first kappa shape index (κ1) is 10.0. The lowest BCUT2D eigenvalue weighted by molar-refractivity contribution is 0.0653. The maximum Gasteiger partial charge on any atom is 0.0591 e. The van der Waals surface area contributed by atoms with Gasteiger partial charge in [-0.25, -0.2) is 0 Å². The monoisotopic (exact) mass is 170 g/mol. The molecule has 0 spiro atoms. The molecule has 1 aliphatic carbocycles. The van der Waals surface area contributed by atoms with Gasteiger partial charge >= 0.3 is 0 Å². The molecule has 12 heavy (non-hydrogen) atoms. The Balaban J connectivity index is 2.35. The summed E-state index contributed by atoms with van der Waals surface area (Å²) < 4.78 is 0. The quantitative estimate of drug-likeness (QED) is 0.690. The summed E-state index contributed by atoms with van der Waals surface area (Å²) in [5, 5.41) is 9.84. The van der Waals surface area contributed by atoms with E-state index >= 15 is 0 Å². The Bertz CT molecular complexity index is 131. The zero-order chi connectivity index (χ0) is 9.14. The maximum atomic E-state index is 9.84. The molecule has 0 aromatic heterocycles. The Hall–Kier alpha value is -0.0400. The summed E-state index contributed by atoms with van der Waals surface area (Å²) in [5.41, 5.74) is 0. The van der Waals surface area contributed by atoms with Crippen molar-refractivity contribution in [3.8, 4) is 0 Å². The van der Waals surface area contributed by atoms with E-state index in [1.807, 2.05) is 0 Å². The molecule has 1 saturated carbocycles. The first-order chi connectivity index (χ1) is 5.65. The molecule has 1 heteroatoms. The normalized spacial score (nSPS) is 32.8. The standard InChI is InChI=1S/C11H22O/c1-4-9-5-6-10(7-9)11(12)8(2)3/h8-12H,4-7H2,1-3H3. The lowest BCUT2D eigenvalue weighted by Gasteiger charge is -2.21. The van der Waals surface area contributed by atoms with Crippen molar-refractivity contribution < 1.29 is 5.11 Å². The number of aliphatic hydroxyl groups excluding tert-OH is 1. The van der Waals surface area contributed by atoms with Crippen LogP contribution in [-0.2, 0) is 0 Å². The van der Waals surface area contributed by atoms with Crippen LogP contribution in [0.2, 0.25) is 0 Å². The fourth-order valence-electron chi connectivity index (χ4n) is 2.34. The summed E-state index contributed by atoms with van der Waals surface area (Å²) in [6.45, 7) is 6.49. The first-order valence-corrected chi connectivity index (χ1v) is 5.33. The van der Waals surface area contributed by atoms with Crippen LogP contribution < -0.4 is 0 Å². The Kier molecular flexibility index (Phi) is 3.57. The van der Waals surface area contributed by atoms with Crippen LogP contribution in [-0.4, -0.2) is 11.2 Å². The van der Waals surface area contributed by atoms with Crippen LogP contribution in [0.5, 0.6) is 0 Å². The lowest BCUT2D eigenvalue weighted by Crippen LogP contribution is -2.23. The van der Waals surface area contributed by atoms with E-state index in [2.05, 4.69) is 20.8 Å². The van der Waals surface area contributed by atoms with E-state index in [9.17, 15) is 5.11 Å². The summed E-state index contributed by atoms with van der Waals surface area (Å²) in [6.07, 6.45) is 5.08. The number of hydrogen-bond donors (Lipinski definition) is 1. The molecule has 0 heterocycles. The molecular weight excluding hydrogens is 148 g/mol.